The Morgan fingerprint density at radius 1 is 1.27 bits per heavy atom. The van der Waals surface area contributed by atoms with E-state index < -0.39 is 0 Å². The van der Waals surface area contributed by atoms with Crippen molar-refractivity contribution in [1.82, 2.24) is 5.43 Å². The molecular formula is C17H22N2O2S. The zero-order valence-electron chi connectivity index (χ0n) is 13.5. The maximum Gasteiger partial charge on any atom is 0.281 e. The zero-order chi connectivity index (χ0) is 16.1. The summed E-state index contributed by atoms with van der Waals surface area (Å²) in [7, 11) is 0. The van der Waals surface area contributed by atoms with Gasteiger partial charge in [-0.15, -0.1) is 11.3 Å². The van der Waals surface area contributed by atoms with E-state index in [1.165, 1.54) is 24.7 Å². The van der Waals surface area contributed by atoms with Crippen molar-refractivity contribution in [2.24, 2.45) is 21.8 Å². The Balaban J connectivity index is 1.75. The Kier molecular flexibility index (Phi) is 3.51. The summed E-state index contributed by atoms with van der Waals surface area (Å²) in [6.45, 7) is 8.40. The fourth-order valence-corrected chi connectivity index (χ4v) is 4.71. The highest BCUT2D eigenvalue weighted by atomic mass is 32.1. The summed E-state index contributed by atoms with van der Waals surface area (Å²) < 4.78 is 0. The molecule has 2 saturated carbocycles. The highest BCUT2D eigenvalue weighted by Crippen LogP contribution is 2.63. The lowest BCUT2D eigenvalue weighted by molar-refractivity contribution is 0.0957. The Labute approximate surface area is 135 Å². The molecule has 1 aromatic rings. The minimum absolute atomic E-state index is 0.0160. The van der Waals surface area contributed by atoms with Crippen molar-refractivity contribution in [2.45, 2.75) is 47.0 Å². The number of ketones is 1. The quantitative estimate of drug-likeness (QED) is 0.679. The number of amides is 1. The first-order chi connectivity index (χ1) is 10.3. The van der Waals surface area contributed by atoms with Crippen molar-refractivity contribution in [3.05, 3.63) is 21.9 Å². The van der Waals surface area contributed by atoms with Crippen molar-refractivity contribution >= 4 is 28.7 Å². The standard InChI is InChI=1S/C17H22N2O2S/c1-10(20)12-5-6-13(22-12)15(21)19-18-14-9-11-7-8-17(14,4)16(11,2)3/h5-6,11H,7-9H2,1-4H3,(H,19,21)/b18-14-/t11-,17-/m0/s1. The molecule has 1 amide bonds. The SMILES string of the molecule is CC(=O)c1ccc(C(=O)N/N=C2/C[C@@H]3CC[C@]2(C)C3(C)C)s1. The van der Waals surface area contributed by atoms with Gasteiger partial charge in [0.25, 0.3) is 5.91 Å². The first kappa shape index (κ1) is 15.4. The molecule has 3 rings (SSSR count). The van der Waals surface area contributed by atoms with Gasteiger partial charge in [-0.3, -0.25) is 9.59 Å². The Hall–Kier alpha value is -1.49. The molecule has 5 heteroatoms. The summed E-state index contributed by atoms with van der Waals surface area (Å²) >= 11 is 1.21. The van der Waals surface area contributed by atoms with Crippen molar-refractivity contribution in [3.63, 3.8) is 0 Å². The third-order valence-electron chi connectivity index (χ3n) is 5.98. The van der Waals surface area contributed by atoms with Crippen LogP contribution in [-0.2, 0) is 0 Å². The molecule has 2 bridgehead atoms. The fourth-order valence-electron chi connectivity index (χ4n) is 3.92. The van der Waals surface area contributed by atoms with Crippen LogP contribution in [0, 0.1) is 16.7 Å². The summed E-state index contributed by atoms with van der Waals surface area (Å²) in [6.07, 6.45) is 3.38. The first-order valence-electron chi connectivity index (χ1n) is 7.74. The van der Waals surface area contributed by atoms with E-state index in [4.69, 9.17) is 0 Å². The number of carbonyl (C=O) groups excluding carboxylic acids is 2. The van der Waals surface area contributed by atoms with Gasteiger partial charge in [0.1, 0.15) is 0 Å². The number of nitrogens with one attached hydrogen (secondary N) is 1. The largest absolute Gasteiger partial charge is 0.294 e. The number of rotatable bonds is 3. The lowest BCUT2D eigenvalue weighted by atomic mass is 9.70. The number of hydrogen-bond donors (Lipinski definition) is 1. The molecule has 2 atom stereocenters. The number of fused-ring (bicyclic) bond motifs is 2. The maximum atomic E-state index is 12.2. The summed E-state index contributed by atoms with van der Waals surface area (Å²) in [6, 6.07) is 3.38. The van der Waals surface area contributed by atoms with Gasteiger partial charge in [-0.2, -0.15) is 5.10 Å². The van der Waals surface area contributed by atoms with Gasteiger partial charge in [-0.05, 0) is 49.7 Å². The average molecular weight is 318 g/mol. The molecule has 4 nitrogen and oxygen atoms in total. The average Bonchev–Trinajstić information content (AvgIpc) is 3.07. The second-order valence-corrected chi connectivity index (χ2v) is 8.30. The molecule has 0 saturated heterocycles. The summed E-state index contributed by atoms with van der Waals surface area (Å²) in [5, 5.41) is 4.44. The van der Waals surface area contributed by atoms with E-state index in [2.05, 4.69) is 31.3 Å². The van der Waals surface area contributed by atoms with E-state index in [0.717, 1.165) is 18.6 Å². The maximum absolute atomic E-state index is 12.2. The number of thiophene rings is 1. The lowest BCUT2D eigenvalue weighted by Gasteiger charge is -2.34. The van der Waals surface area contributed by atoms with Gasteiger partial charge < -0.3 is 0 Å². The minimum atomic E-state index is -0.228. The minimum Gasteiger partial charge on any atom is -0.294 e. The molecule has 2 fully saturated rings. The highest BCUT2D eigenvalue weighted by Gasteiger charge is 2.60. The lowest BCUT2D eigenvalue weighted by Crippen LogP contribution is -2.34. The molecule has 22 heavy (non-hydrogen) atoms. The predicted molar refractivity (Wildman–Crippen MR) is 88.5 cm³/mol. The van der Waals surface area contributed by atoms with Crippen LogP contribution in [-0.4, -0.2) is 17.4 Å². The molecule has 1 N–H and O–H groups in total. The second-order valence-electron chi connectivity index (χ2n) is 7.21. The van der Waals surface area contributed by atoms with Gasteiger partial charge >= 0.3 is 0 Å². The van der Waals surface area contributed by atoms with Gasteiger partial charge in [0.15, 0.2) is 5.78 Å². The Bertz CT molecular complexity index is 674. The van der Waals surface area contributed by atoms with E-state index in [1.807, 2.05) is 0 Å². The number of hydrazone groups is 1. The van der Waals surface area contributed by atoms with Crippen LogP contribution in [0.3, 0.4) is 0 Å². The normalized spacial score (nSPS) is 30.7. The van der Waals surface area contributed by atoms with Crippen LogP contribution in [0.25, 0.3) is 0 Å². The van der Waals surface area contributed by atoms with Gasteiger partial charge in [0, 0.05) is 11.1 Å². The van der Waals surface area contributed by atoms with Gasteiger partial charge in [-0.1, -0.05) is 20.8 Å². The van der Waals surface area contributed by atoms with Crippen molar-refractivity contribution in [1.29, 1.82) is 0 Å². The molecule has 118 valence electrons. The molecule has 1 aromatic heterocycles. The number of carbonyl (C=O) groups is 2. The van der Waals surface area contributed by atoms with E-state index in [-0.39, 0.29) is 22.5 Å². The zero-order valence-corrected chi connectivity index (χ0v) is 14.3. The predicted octanol–water partition coefficient (Wildman–Crippen LogP) is 3.88. The monoisotopic (exact) mass is 318 g/mol. The van der Waals surface area contributed by atoms with Crippen molar-refractivity contribution in [3.8, 4) is 0 Å². The fraction of sp³-hybridized carbons (Fsp3) is 0.588. The molecule has 0 unspecified atom stereocenters. The van der Waals surface area contributed by atoms with Crippen LogP contribution in [0.2, 0.25) is 0 Å². The topological polar surface area (TPSA) is 58.5 Å². The van der Waals surface area contributed by atoms with E-state index in [1.54, 1.807) is 12.1 Å². The molecule has 0 aliphatic heterocycles. The molecule has 2 aliphatic carbocycles. The molecule has 0 radical (unpaired) electrons. The van der Waals surface area contributed by atoms with Gasteiger partial charge in [0.05, 0.1) is 9.75 Å². The summed E-state index contributed by atoms with van der Waals surface area (Å²) in [5.41, 5.74) is 4.14. The van der Waals surface area contributed by atoms with Crippen LogP contribution < -0.4 is 5.43 Å². The van der Waals surface area contributed by atoms with Gasteiger partial charge in [0.2, 0.25) is 0 Å². The number of Topliss-reactive ketones (excluding diaryl/α,β-unsaturated/α-hetero) is 1. The van der Waals surface area contributed by atoms with E-state index >= 15 is 0 Å². The molecule has 2 aliphatic rings. The van der Waals surface area contributed by atoms with Crippen molar-refractivity contribution < 1.29 is 9.59 Å². The van der Waals surface area contributed by atoms with E-state index in [0.29, 0.717) is 15.7 Å². The van der Waals surface area contributed by atoms with Crippen LogP contribution in [0.5, 0.6) is 0 Å². The smallest absolute Gasteiger partial charge is 0.281 e. The third-order valence-corrected chi connectivity index (χ3v) is 7.17. The third kappa shape index (κ3) is 2.14. The first-order valence-corrected chi connectivity index (χ1v) is 8.55. The molecule has 1 heterocycles. The Morgan fingerprint density at radius 2 is 1.95 bits per heavy atom. The highest BCUT2D eigenvalue weighted by molar-refractivity contribution is 7.15. The van der Waals surface area contributed by atoms with Crippen molar-refractivity contribution in [2.75, 3.05) is 0 Å². The molecular weight excluding hydrogens is 296 g/mol. The number of hydrogen-bond acceptors (Lipinski definition) is 4. The molecule has 0 aromatic carbocycles. The van der Waals surface area contributed by atoms with Crippen LogP contribution in [0.1, 0.15) is 66.3 Å². The van der Waals surface area contributed by atoms with E-state index in [9.17, 15) is 9.59 Å². The van der Waals surface area contributed by atoms with Crippen LogP contribution in [0.4, 0.5) is 0 Å². The van der Waals surface area contributed by atoms with Gasteiger partial charge in [-0.25, -0.2) is 5.43 Å². The van der Waals surface area contributed by atoms with Crippen LogP contribution in [0.15, 0.2) is 17.2 Å². The number of nitrogens with zero attached hydrogens (tertiary/aromatic N) is 1. The summed E-state index contributed by atoms with van der Waals surface area (Å²) in [4.78, 5) is 24.6. The Morgan fingerprint density at radius 3 is 2.45 bits per heavy atom. The summed E-state index contributed by atoms with van der Waals surface area (Å²) in [5.74, 6) is 0.422. The second kappa shape index (κ2) is 5.01. The molecule has 0 spiro atoms. The van der Waals surface area contributed by atoms with Crippen LogP contribution >= 0.6 is 11.3 Å².